The molecule has 1 aliphatic heterocycles. The molecule has 132 valence electrons. The van der Waals surface area contributed by atoms with Crippen molar-refractivity contribution in [3.8, 4) is 22.9 Å². The molecule has 2 aromatic carbocycles. The molecule has 1 aromatic heterocycles. The lowest BCUT2D eigenvalue weighted by Crippen LogP contribution is -2.19. The van der Waals surface area contributed by atoms with Crippen LogP contribution in [0.1, 0.15) is 5.56 Å². The van der Waals surface area contributed by atoms with E-state index >= 15 is 0 Å². The van der Waals surface area contributed by atoms with Gasteiger partial charge in [-0.25, -0.2) is 0 Å². The first kappa shape index (κ1) is 16.3. The first-order valence-corrected chi connectivity index (χ1v) is 8.43. The smallest absolute Gasteiger partial charge is 0.244 e. The number of anilines is 1. The number of aromatic amines is 1. The summed E-state index contributed by atoms with van der Waals surface area (Å²) in [5.74, 6) is 1.69. The molecule has 1 aliphatic rings. The van der Waals surface area contributed by atoms with E-state index in [2.05, 4.69) is 15.5 Å². The van der Waals surface area contributed by atoms with E-state index in [4.69, 9.17) is 21.7 Å². The number of carbonyl (C=O) groups is 1. The summed E-state index contributed by atoms with van der Waals surface area (Å²) in [7, 11) is 0. The third-order valence-electron chi connectivity index (χ3n) is 4.03. The summed E-state index contributed by atoms with van der Waals surface area (Å²) < 4.78 is 12.6. The number of carbonyl (C=O) groups excluding carboxylic acids is 1. The highest BCUT2D eigenvalue weighted by Crippen LogP contribution is 2.34. The second-order valence-electron chi connectivity index (χ2n) is 5.92. The summed E-state index contributed by atoms with van der Waals surface area (Å²) in [6.45, 7) is 2.25. The highest BCUT2D eigenvalue weighted by Gasteiger charge is 2.16. The molecular weight excluding hydrogens is 352 g/mol. The average molecular weight is 368 g/mol. The van der Waals surface area contributed by atoms with Crippen LogP contribution >= 0.6 is 12.2 Å². The van der Waals surface area contributed by atoms with E-state index in [0.29, 0.717) is 27.8 Å². The number of hydrogen-bond acceptors (Lipinski definition) is 5. The quantitative estimate of drug-likeness (QED) is 0.691. The van der Waals surface area contributed by atoms with E-state index < -0.39 is 0 Å². The highest BCUT2D eigenvalue weighted by atomic mass is 32.1. The standard InChI is InChI=1S/C18H16N4O3S/c1-11-2-4-12(5-3-11)17-20-21-18(26)22(17)9-16(23)19-13-6-7-14-15(8-13)25-10-24-14/h2-8H,9-10H2,1H3,(H,19,23)(H,21,26). The van der Waals surface area contributed by atoms with Gasteiger partial charge in [0.15, 0.2) is 22.1 Å². The summed E-state index contributed by atoms with van der Waals surface area (Å²) in [6.07, 6.45) is 0. The zero-order chi connectivity index (χ0) is 18.1. The lowest BCUT2D eigenvalue weighted by molar-refractivity contribution is -0.116. The molecule has 0 bridgehead atoms. The Hall–Kier alpha value is -3.13. The van der Waals surface area contributed by atoms with Crippen molar-refractivity contribution in [3.63, 3.8) is 0 Å². The molecule has 0 radical (unpaired) electrons. The van der Waals surface area contributed by atoms with Crippen LogP contribution in [0.3, 0.4) is 0 Å². The maximum Gasteiger partial charge on any atom is 0.244 e. The molecule has 7 nitrogen and oxygen atoms in total. The SMILES string of the molecule is Cc1ccc(-c2n[nH]c(=S)n2CC(=O)Nc2ccc3c(c2)OCO3)cc1. The van der Waals surface area contributed by atoms with Crippen LogP contribution in [0.15, 0.2) is 42.5 Å². The van der Waals surface area contributed by atoms with Gasteiger partial charge in [0.1, 0.15) is 6.54 Å². The third kappa shape index (κ3) is 3.18. The number of hydrogen-bond donors (Lipinski definition) is 2. The number of H-pyrrole nitrogens is 1. The lowest BCUT2D eigenvalue weighted by Gasteiger charge is -2.09. The van der Waals surface area contributed by atoms with Crippen molar-refractivity contribution < 1.29 is 14.3 Å². The van der Waals surface area contributed by atoms with Crippen molar-refractivity contribution in [1.29, 1.82) is 0 Å². The number of rotatable bonds is 4. The van der Waals surface area contributed by atoms with Crippen molar-refractivity contribution in [2.24, 2.45) is 0 Å². The molecule has 0 saturated carbocycles. The largest absolute Gasteiger partial charge is 0.454 e. The average Bonchev–Trinajstić information content (AvgIpc) is 3.23. The fourth-order valence-electron chi connectivity index (χ4n) is 2.71. The summed E-state index contributed by atoms with van der Waals surface area (Å²) in [4.78, 5) is 12.5. The number of nitrogens with one attached hydrogen (secondary N) is 2. The Morgan fingerprint density at radius 3 is 2.81 bits per heavy atom. The molecule has 0 aliphatic carbocycles. The summed E-state index contributed by atoms with van der Waals surface area (Å²) in [5, 5.41) is 9.85. The van der Waals surface area contributed by atoms with E-state index in [1.54, 1.807) is 22.8 Å². The Labute approximate surface area is 154 Å². The van der Waals surface area contributed by atoms with Crippen LogP contribution < -0.4 is 14.8 Å². The third-order valence-corrected chi connectivity index (χ3v) is 4.34. The van der Waals surface area contributed by atoms with E-state index in [1.807, 2.05) is 31.2 Å². The normalized spacial score (nSPS) is 12.2. The molecule has 1 amide bonds. The molecular formula is C18H16N4O3S. The molecule has 0 unspecified atom stereocenters. The van der Waals surface area contributed by atoms with Gasteiger partial charge in [-0.15, -0.1) is 0 Å². The van der Waals surface area contributed by atoms with Gasteiger partial charge in [0.25, 0.3) is 0 Å². The molecule has 0 saturated heterocycles. The summed E-state index contributed by atoms with van der Waals surface area (Å²) in [5.41, 5.74) is 2.67. The minimum absolute atomic E-state index is 0.0486. The number of amides is 1. The minimum atomic E-state index is -0.213. The summed E-state index contributed by atoms with van der Waals surface area (Å²) in [6, 6.07) is 13.1. The monoisotopic (exact) mass is 368 g/mol. The van der Waals surface area contributed by atoms with Gasteiger partial charge in [0.05, 0.1) is 0 Å². The molecule has 0 atom stereocenters. The Kier molecular flexibility index (Phi) is 4.18. The fourth-order valence-corrected chi connectivity index (χ4v) is 2.90. The highest BCUT2D eigenvalue weighted by molar-refractivity contribution is 7.71. The maximum atomic E-state index is 12.5. The van der Waals surface area contributed by atoms with E-state index in [1.165, 1.54) is 0 Å². The van der Waals surface area contributed by atoms with Crippen LogP contribution in [0.5, 0.6) is 11.5 Å². The first-order chi connectivity index (χ1) is 12.6. The number of nitrogens with zero attached hydrogens (tertiary/aromatic N) is 2. The maximum absolute atomic E-state index is 12.5. The zero-order valence-corrected chi connectivity index (χ0v) is 14.8. The van der Waals surface area contributed by atoms with Gasteiger partial charge in [-0.3, -0.25) is 14.5 Å². The Bertz CT molecular complexity index is 1020. The lowest BCUT2D eigenvalue weighted by atomic mass is 10.1. The van der Waals surface area contributed by atoms with Gasteiger partial charge in [-0.1, -0.05) is 29.8 Å². The van der Waals surface area contributed by atoms with Crippen LogP contribution in [0.4, 0.5) is 5.69 Å². The van der Waals surface area contributed by atoms with Crippen LogP contribution in [-0.4, -0.2) is 27.5 Å². The number of ether oxygens (including phenoxy) is 2. The first-order valence-electron chi connectivity index (χ1n) is 8.02. The number of benzene rings is 2. The van der Waals surface area contributed by atoms with Crippen molar-refractivity contribution >= 4 is 23.8 Å². The predicted molar refractivity (Wildman–Crippen MR) is 98.8 cm³/mol. The zero-order valence-electron chi connectivity index (χ0n) is 14.0. The van der Waals surface area contributed by atoms with E-state index in [-0.39, 0.29) is 19.2 Å². The van der Waals surface area contributed by atoms with Crippen LogP contribution in [0.25, 0.3) is 11.4 Å². The minimum Gasteiger partial charge on any atom is -0.454 e. The van der Waals surface area contributed by atoms with Gasteiger partial charge in [-0.05, 0) is 31.3 Å². The molecule has 2 N–H and O–H groups in total. The van der Waals surface area contributed by atoms with E-state index in [9.17, 15) is 4.79 Å². The molecule has 26 heavy (non-hydrogen) atoms. The van der Waals surface area contributed by atoms with Crippen molar-refractivity contribution in [2.45, 2.75) is 13.5 Å². The van der Waals surface area contributed by atoms with E-state index in [0.717, 1.165) is 11.1 Å². The van der Waals surface area contributed by atoms with Crippen LogP contribution in [-0.2, 0) is 11.3 Å². The molecule has 2 heterocycles. The molecule has 8 heteroatoms. The molecule has 4 rings (SSSR count). The second-order valence-corrected chi connectivity index (χ2v) is 6.31. The number of fused-ring (bicyclic) bond motifs is 1. The van der Waals surface area contributed by atoms with Gasteiger partial charge in [0, 0.05) is 17.3 Å². The molecule has 0 spiro atoms. The number of aryl methyl sites for hydroxylation is 1. The van der Waals surface area contributed by atoms with Crippen molar-refractivity contribution in [1.82, 2.24) is 14.8 Å². The Morgan fingerprint density at radius 1 is 1.23 bits per heavy atom. The van der Waals surface area contributed by atoms with Gasteiger partial charge in [-0.2, -0.15) is 5.10 Å². The fraction of sp³-hybridized carbons (Fsp3) is 0.167. The predicted octanol–water partition coefficient (Wildman–Crippen LogP) is 3.28. The van der Waals surface area contributed by atoms with Gasteiger partial charge >= 0.3 is 0 Å². The number of aromatic nitrogens is 3. The summed E-state index contributed by atoms with van der Waals surface area (Å²) >= 11 is 5.27. The Morgan fingerprint density at radius 2 is 2.00 bits per heavy atom. The second kappa shape index (κ2) is 6.64. The van der Waals surface area contributed by atoms with Gasteiger partial charge in [0.2, 0.25) is 12.7 Å². The topological polar surface area (TPSA) is 81.2 Å². The van der Waals surface area contributed by atoms with Crippen LogP contribution in [0, 0.1) is 11.7 Å². The van der Waals surface area contributed by atoms with Gasteiger partial charge < -0.3 is 14.8 Å². The molecule has 3 aromatic rings. The molecule has 0 fully saturated rings. The van der Waals surface area contributed by atoms with Crippen molar-refractivity contribution in [3.05, 3.63) is 52.8 Å². The van der Waals surface area contributed by atoms with Crippen LogP contribution in [0.2, 0.25) is 0 Å². The van der Waals surface area contributed by atoms with Crippen molar-refractivity contribution in [2.75, 3.05) is 12.1 Å². The Balaban J connectivity index is 1.54.